The third-order valence-corrected chi connectivity index (χ3v) is 4.83. The van der Waals surface area contributed by atoms with Crippen LogP contribution in [0.2, 0.25) is 0 Å². The highest BCUT2D eigenvalue weighted by molar-refractivity contribution is 7.89. The minimum absolute atomic E-state index is 0.151. The number of nitrogens with one attached hydrogen (secondary N) is 2. The van der Waals surface area contributed by atoms with Gasteiger partial charge in [0.2, 0.25) is 21.1 Å². The van der Waals surface area contributed by atoms with Gasteiger partial charge in [0.1, 0.15) is 5.01 Å². The van der Waals surface area contributed by atoms with Crippen molar-refractivity contribution in [1.29, 1.82) is 0 Å². The quantitative estimate of drug-likeness (QED) is 0.810. The highest BCUT2D eigenvalue weighted by atomic mass is 32.2. The van der Waals surface area contributed by atoms with Crippen LogP contribution in [-0.2, 0) is 14.8 Å². The molecule has 2 N–H and O–H groups in total. The Balaban J connectivity index is 1.89. The second-order valence-corrected chi connectivity index (χ2v) is 7.35. The first-order chi connectivity index (χ1) is 10.8. The van der Waals surface area contributed by atoms with Crippen molar-refractivity contribution in [2.75, 3.05) is 11.9 Å². The zero-order valence-electron chi connectivity index (χ0n) is 11.8. The van der Waals surface area contributed by atoms with Gasteiger partial charge in [-0.15, -0.1) is 10.2 Å². The molecule has 1 aromatic heterocycles. The summed E-state index contributed by atoms with van der Waals surface area (Å²) in [6.45, 7) is 1.52. The molecule has 0 saturated heterocycles. The molecule has 2 rings (SSSR count). The molecule has 0 bridgehead atoms. The highest BCUT2D eigenvalue weighted by Gasteiger charge is 2.16. The number of anilines is 1. The Kier molecular flexibility index (Phi) is 5.34. The number of rotatable bonds is 6. The Bertz CT molecular complexity index is 823. The van der Waals surface area contributed by atoms with Gasteiger partial charge in [-0.3, -0.25) is 4.79 Å². The van der Waals surface area contributed by atoms with Gasteiger partial charge < -0.3 is 5.32 Å². The van der Waals surface area contributed by atoms with Crippen LogP contribution in [0.3, 0.4) is 0 Å². The van der Waals surface area contributed by atoms with Crippen LogP contribution in [0.15, 0.2) is 23.1 Å². The number of carbonyl (C=O) groups excluding carboxylic acids is 1. The fraction of sp³-hybridized carbons (Fsp3) is 0.250. The Labute approximate surface area is 134 Å². The predicted octanol–water partition coefficient (Wildman–Crippen LogP) is 1.43. The molecule has 0 atom stereocenters. The molecule has 124 valence electrons. The molecule has 2 aromatic rings. The predicted molar refractivity (Wildman–Crippen MR) is 79.4 cm³/mol. The lowest BCUT2D eigenvalue weighted by Gasteiger charge is -2.07. The first-order valence-corrected chi connectivity index (χ1v) is 8.62. The molecule has 0 spiro atoms. The number of nitrogens with zero attached hydrogens (tertiary/aromatic N) is 2. The van der Waals surface area contributed by atoms with Gasteiger partial charge in [0, 0.05) is 13.0 Å². The lowest BCUT2D eigenvalue weighted by atomic mass is 10.3. The maximum atomic E-state index is 13.1. The third-order valence-electron chi connectivity index (χ3n) is 2.62. The number of amides is 1. The molecule has 1 aromatic carbocycles. The van der Waals surface area contributed by atoms with Crippen LogP contribution in [0.5, 0.6) is 0 Å². The van der Waals surface area contributed by atoms with Crippen molar-refractivity contribution in [3.8, 4) is 0 Å². The number of halogens is 2. The standard InChI is InChI=1S/C12H12F2N4O3S2/c1-7-17-18-12(22-7)16-11(19)4-5-15-23(20,21)8-2-3-9(13)10(14)6-8/h2-3,6,15H,4-5H2,1H3,(H,16,18,19). The van der Waals surface area contributed by atoms with Crippen LogP contribution in [0.4, 0.5) is 13.9 Å². The minimum atomic E-state index is -4.03. The van der Waals surface area contributed by atoms with Crippen molar-refractivity contribution in [3.63, 3.8) is 0 Å². The van der Waals surface area contributed by atoms with Crippen LogP contribution in [0.1, 0.15) is 11.4 Å². The SMILES string of the molecule is Cc1nnc(NC(=O)CCNS(=O)(=O)c2ccc(F)c(F)c2)s1. The number of aromatic nitrogens is 2. The molecule has 1 heterocycles. The first kappa shape index (κ1) is 17.4. The normalized spacial score (nSPS) is 11.4. The minimum Gasteiger partial charge on any atom is -0.300 e. The van der Waals surface area contributed by atoms with E-state index in [1.165, 1.54) is 11.3 Å². The molecular weight excluding hydrogens is 350 g/mol. The summed E-state index contributed by atoms with van der Waals surface area (Å²) in [6.07, 6.45) is -0.151. The average molecular weight is 362 g/mol. The maximum Gasteiger partial charge on any atom is 0.240 e. The number of aryl methyl sites for hydroxylation is 1. The monoisotopic (exact) mass is 362 g/mol. The average Bonchev–Trinajstić information content (AvgIpc) is 2.86. The molecule has 0 aliphatic heterocycles. The molecule has 23 heavy (non-hydrogen) atoms. The Morgan fingerprint density at radius 3 is 2.61 bits per heavy atom. The summed E-state index contributed by atoms with van der Waals surface area (Å²) in [5.41, 5.74) is 0. The van der Waals surface area contributed by atoms with Gasteiger partial charge in [0.15, 0.2) is 11.6 Å². The lowest BCUT2D eigenvalue weighted by molar-refractivity contribution is -0.116. The van der Waals surface area contributed by atoms with Crippen molar-refractivity contribution in [3.05, 3.63) is 34.8 Å². The second-order valence-electron chi connectivity index (χ2n) is 4.40. The van der Waals surface area contributed by atoms with E-state index in [4.69, 9.17) is 0 Å². The molecule has 0 aliphatic carbocycles. The molecule has 11 heteroatoms. The largest absolute Gasteiger partial charge is 0.300 e. The van der Waals surface area contributed by atoms with Gasteiger partial charge >= 0.3 is 0 Å². The highest BCUT2D eigenvalue weighted by Crippen LogP contribution is 2.15. The lowest BCUT2D eigenvalue weighted by Crippen LogP contribution is -2.28. The number of sulfonamides is 1. The molecule has 0 radical (unpaired) electrons. The Morgan fingerprint density at radius 1 is 1.26 bits per heavy atom. The third kappa shape index (κ3) is 4.74. The molecule has 7 nitrogen and oxygen atoms in total. The number of benzene rings is 1. The first-order valence-electron chi connectivity index (χ1n) is 6.32. The molecule has 1 amide bonds. The topological polar surface area (TPSA) is 101 Å². The van der Waals surface area contributed by atoms with Gasteiger partial charge in [0.05, 0.1) is 4.90 Å². The van der Waals surface area contributed by atoms with Crippen LogP contribution < -0.4 is 10.0 Å². The summed E-state index contributed by atoms with van der Waals surface area (Å²) >= 11 is 1.18. The van der Waals surface area contributed by atoms with Crippen LogP contribution in [-0.4, -0.2) is 31.1 Å². The van der Waals surface area contributed by atoms with Gasteiger partial charge in [-0.05, 0) is 25.1 Å². The van der Waals surface area contributed by atoms with E-state index in [-0.39, 0.29) is 13.0 Å². The summed E-state index contributed by atoms with van der Waals surface area (Å²) in [6, 6.07) is 2.22. The van der Waals surface area contributed by atoms with Crippen molar-refractivity contribution in [1.82, 2.24) is 14.9 Å². The van der Waals surface area contributed by atoms with E-state index in [0.29, 0.717) is 22.3 Å². The molecule has 0 fully saturated rings. The van der Waals surface area contributed by atoms with Crippen molar-refractivity contribution >= 4 is 32.4 Å². The smallest absolute Gasteiger partial charge is 0.240 e. The summed E-state index contributed by atoms with van der Waals surface area (Å²) in [5.74, 6) is -2.86. The van der Waals surface area contributed by atoms with Crippen molar-refractivity contribution in [2.24, 2.45) is 0 Å². The van der Waals surface area contributed by atoms with E-state index < -0.39 is 32.5 Å². The van der Waals surface area contributed by atoms with Crippen molar-refractivity contribution in [2.45, 2.75) is 18.2 Å². The van der Waals surface area contributed by atoms with E-state index in [0.717, 1.165) is 6.07 Å². The van der Waals surface area contributed by atoms with E-state index >= 15 is 0 Å². The number of hydrogen-bond donors (Lipinski definition) is 2. The van der Waals surface area contributed by atoms with Gasteiger partial charge in [-0.25, -0.2) is 21.9 Å². The molecule has 0 saturated carbocycles. The zero-order valence-corrected chi connectivity index (χ0v) is 13.5. The molecule has 0 aliphatic rings. The fourth-order valence-corrected chi connectivity index (χ4v) is 3.21. The Morgan fingerprint density at radius 2 is 2.00 bits per heavy atom. The van der Waals surface area contributed by atoms with Crippen LogP contribution in [0, 0.1) is 18.6 Å². The van der Waals surface area contributed by atoms with Gasteiger partial charge in [-0.1, -0.05) is 11.3 Å². The van der Waals surface area contributed by atoms with E-state index in [1.54, 1.807) is 6.92 Å². The van der Waals surface area contributed by atoms with Crippen LogP contribution >= 0.6 is 11.3 Å². The number of carbonyl (C=O) groups is 1. The van der Waals surface area contributed by atoms with Gasteiger partial charge in [0.25, 0.3) is 0 Å². The van der Waals surface area contributed by atoms with E-state index in [1.807, 2.05) is 0 Å². The number of hydrogen-bond acceptors (Lipinski definition) is 6. The van der Waals surface area contributed by atoms with Gasteiger partial charge in [-0.2, -0.15) is 0 Å². The summed E-state index contributed by atoms with van der Waals surface area (Å²) in [7, 11) is -4.03. The second kappa shape index (κ2) is 7.06. The molecule has 0 unspecified atom stereocenters. The maximum absolute atomic E-state index is 13.1. The van der Waals surface area contributed by atoms with E-state index in [2.05, 4.69) is 20.2 Å². The summed E-state index contributed by atoms with van der Waals surface area (Å²) < 4.78 is 51.8. The van der Waals surface area contributed by atoms with Crippen LogP contribution in [0.25, 0.3) is 0 Å². The van der Waals surface area contributed by atoms with E-state index in [9.17, 15) is 22.0 Å². The Hall–Kier alpha value is -1.98. The summed E-state index contributed by atoms with van der Waals surface area (Å²) in [5, 5.41) is 10.9. The van der Waals surface area contributed by atoms with Crippen molar-refractivity contribution < 1.29 is 22.0 Å². The summed E-state index contributed by atoms with van der Waals surface area (Å²) in [4.78, 5) is 11.2. The molecular formula is C12H12F2N4O3S2. The fourth-order valence-electron chi connectivity index (χ4n) is 1.56. The zero-order chi connectivity index (χ0) is 17.0.